The van der Waals surface area contributed by atoms with Crippen LogP contribution >= 0.6 is 0 Å². The molecule has 4 amide bonds. The number of carbonyl (C=O) groups excluding carboxylic acids is 3. The molecule has 0 saturated carbocycles. The molecule has 0 bridgehead atoms. The van der Waals surface area contributed by atoms with E-state index in [-0.39, 0.29) is 25.7 Å². The molecule has 0 aliphatic carbocycles. The summed E-state index contributed by atoms with van der Waals surface area (Å²) in [6.07, 6.45) is -0.0421. The van der Waals surface area contributed by atoms with Crippen LogP contribution in [0.4, 0.5) is 16.2 Å². The zero-order valence-electron chi connectivity index (χ0n) is 23.8. The van der Waals surface area contributed by atoms with Crippen molar-refractivity contribution in [3.63, 3.8) is 0 Å². The van der Waals surface area contributed by atoms with Crippen molar-refractivity contribution >= 4 is 35.2 Å². The van der Waals surface area contributed by atoms with Gasteiger partial charge in [0.1, 0.15) is 11.8 Å². The van der Waals surface area contributed by atoms with Crippen molar-refractivity contribution in [2.75, 3.05) is 24.0 Å². The number of benzene rings is 3. The van der Waals surface area contributed by atoms with Crippen molar-refractivity contribution in [3.05, 3.63) is 78.4 Å². The number of carboxylic acid groups (broad SMARTS) is 1. The maximum Gasteiger partial charge on any atom is 0.323 e. The van der Waals surface area contributed by atoms with Gasteiger partial charge in [-0.1, -0.05) is 38.1 Å². The number of aliphatic carboxylic acids is 1. The van der Waals surface area contributed by atoms with Gasteiger partial charge in [-0.2, -0.15) is 0 Å². The smallest absolute Gasteiger partial charge is 0.323 e. The summed E-state index contributed by atoms with van der Waals surface area (Å²) in [5.41, 5.74) is 1.71. The van der Waals surface area contributed by atoms with E-state index in [1.807, 2.05) is 32.0 Å². The van der Waals surface area contributed by atoms with E-state index in [2.05, 4.69) is 21.3 Å². The number of anilines is 2. The SMILES string of the molecule is CC(C)CC(NC(=O)COc1ccc(NC(=O)Nc2ccccc2)cc1)C(=O)NC(CC(=O)O)c1ccc2c(c1)OCO2. The molecule has 0 aromatic heterocycles. The van der Waals surface area contributed by atoms with Crippen LogP contribution in [0.3, 0.4) is 0 Å². The third-order valence-corrected chi connectivity index (χ3v) is 6.37. The second kappa shape index (κ2) is 14.6. The number of hydrogen-bond acceptors (Lipinski definition) is 7. The van der Waals surface area contributed by atoms with Gasteiger partial charge in [0.15, 0.2) is 18.1 Å². The van der Waals surface area contributed by atoms with Crippen LogP contribution in [-0.2, 0) is 14.4 Å². The minimum Gasteiger partial charge on any atom is -0.484 e. The van der Waals surface area contributed by atoms with E-state index in [1.54, 1.807) is 54.6 Å². The molecule has 12 heteroatoms. The molecule has 0 fully saturated rings. The summed E-state index contributed by atoms with van der Waals surface area (Å²) in [5, 5.41) is 20.4. The highest BCUT2D eigenvalue weighted by molar-refractivity contribution is 5.99. The topological polar surface area (TPSA) is 164 Å². The molecular formula is C31H34N4O8. The number of carboxylic acids is 1. The molecule has 2 unspecified atom stereocenters. The number of fused-ring (bicyclic) bond motifs is 1. The highest BCUT2D eigenvalue weighted by Crippen LogP contribution is 2.35. The van der Waals surface area contributed by atoms with E-state index in [4.69, 9.17) is 14.2 Å². The maximum atomic E-state index is 13.3. The van der Waals surface area contributed by atoms with Crippen LogP contribution in [0.25, 0.3) is 0 Å². The number of nitrogens with one attached hydrogen (secondary N) is 4. The van der Waals surface area contributed by atoms with Crippen LogP contribution in [0.1, 0.15) is 38.3 Å². The first-order valence-electron chi connectivity index (χ1n) is 13.7. The molecule has 3 aromatic carbocycles. The summed E-state index contributed by atoms with van der Waals surface area (Å²) >= 11 is 0. The van der Waals surface area contributed by atoms with E-state index < -0.39 is 35.9 Å². The van der Waals surface area contributed by atoms with Gasteiger partial charge < -0.3 is 40.6 Å². The molecule has 5 N–H and O–H groups in total. The van der Waals surface area contributed by atoms with Crippen molar-refractivity contribution < 1.29 is 38.5 Å². The minimum absolute atomic E-state index is 0.0552. The third kappa shape index (κ3) is 9.38. The van der Waals surface area contributed by atoms with Gasteiger partial charge in [0.2, 0.25) is 12.7 Å². The lowest BCUT2D eigenvalue weighted by molar-refractivity contribution is -0.138. The molecular weight excluding hydrogens is 556 g/mol. The third-order valence-electron chi connectivity index (χ3n) is 6.37. The lowest BCUT2D eigenvalue weighted by Crippen LogP contribution is -2.49. The molecule has 4 rings (SSSR count). The summed E-state index contributed by atoms with van der Waals surface area (Å²) in [5.74, 6) is -0.700. The van der Waals surface area contributed by atoms with Gasteiger partial charge >= 0.3 is 12.0 Å². The lowest BCUT2D eigenvalue weighted by Gasteiger charge is -2.24. The van der Waals surface area contributed by atoms with Gasteiger partial charge in [0.05, 0.1) is 12.5 Å². The molecule has 12 nitrogen and oxygen atoms in total. The van der Waals surface area contributed by atoms with Crippen LogP contribution in [-0.4, -0.2) is 48.4 Å². The van der Waals surface area contributed by atoms with E-state index in [1.165, 1.54) is 0 Å². The summed E-state index contributed by atoms with van der Waals surface area (Å²) < 4.78 is 16.3. The summed E-state index contributed by atoms with van der Waals surface area (Å²) in [6.45, 7) is 3.52. The highest BCUT2D eigenvalue weighted by atomic mass is 16.7. The number of para-hydroxylation sites is 1. The molecule has 0 spiro atoms. The van der Waals surface area contributed by atoms with E-state index >= 15 is 0 Å². The Hall–Kier alpha value is -5.26. The Balaban J connectivity index is 1.31. The van der Waals surface area contributed by atoms with Crippen molar-refractivity contribution in [2.24, 2.45) is 5.92 Å². The first-order chi connectivity index (χ1) is 20.7. The Bertz CT molecular complexity index is 1430. The summed E-state index contributed by atoms with van der Waals surface area (Å²) in [6, 6.07) is 18.3. The van der Waals surface area contributed by atoms with E-state index in [0.29, 0.717) is 40.6 Å². The predicted octanol–water partition coefficient (Wildman–Crippen LogP) is 4.30. The molecule has 1 aliphatic rings. The van der Waals surface area contributed by atoms with Gasteiger partial charge in [-0.3, -0.25) is 14.4 Å². The number of ether oxygens (including phenoxy) is 3. The standard InChI is InChI=1S/C31H34N4O8/c1-19(2)14-25(30(39)35-24(16-29(37)38)20-8-13-26-27(15-20)43-18-42-26)34-28(36)17-41-23-11-9-22(10-12-23)33-31(40)32-21-6-4-3-5-7-21/h3-13,15,19,24-25H,14,16-18H2,1-2H3,(H,34,36)(H,35,39)(H,37,38)(H2,32,33,40). The first-order valence-corrected chi connectivity index (χ1v) is 13.7. The largest absolute Gasteiger partial charge is 0.484 e. The van der Waals surface area contributed by atoms with Crippen molar-refractivity contribution in [1.82, 2.24) is 10.6 Å². The van der Waals surface area contributed by atoms with Crippen LogP contribution in [0.2, 0.25) is 0 Å². The Labute approximate surface area is 248 Å². The zero-order chi connectivity index (χ0) is 30.8. The Kier molecular flexibility index (Phi) is 10.4. The quantitative estimate of drug-likeness (QED) is 0.197. The number of hydrogen-bond donors (Lipinski definition) is 5. The number of urea groups is 1. The normalized spacial score (nSPS) is 13.0. The lowest BCUT2D eigenvalue weighted by atomic mass is 10.00. The number of carbonyl (C=O) groups is 4. The molecule has 1 heterocycles. The van der Waals surface area contributed by atoms with Crippen molar-refractivity contribution in [1.29, 1.82) is 0 Å². The van der Waals surface area contributed by atoms with Gasteiger partial charge in [-0.25, -0.2) is 4.79 Å². The van der Waals surface area contributed by atoms with E-state index in [0.717, 1.165) is 0 Å². The van der Waals surface area contributed by atoms with Gasteiger partial charge in [-0.05, 0) is 66.4 Å². The predicted molar refractivity (Wildman–Crippen MR) is 158 cm³/mol. The van der Waals surface area contributed by atoms with Crippen LogP contribution < -0.4 is 35.5 Å². The first kappa shape index (κ1) is 30.7. The average molecular weight is 591 g/mol. The van der Waals surface area contributed by atoms with Crippen LogP contribution in [0, 0.1) is 5.92 Å². The molecule has 3 aromatic rings. The highest BCUT2D eigenvalue weighted by Gasteiger charge is 2.27. The maximum absolute atomic E-state index is 13.3. The van der Waals surface area contributed by atoms with Gasteiger partial charge in [-0.15, -0.1) is 0 Å². The Morgan fingerprint density at radius 2 is 1.53 bits per heavy atom. The van der Waals surface area contributed by atoms with Gasteiger partial charge in [0, 0.05) is 11.4 Å². The van der Waals surface area contributed by atoms with Crippen LogP contribution in [0.5, 0.6) is 17.2 Å². The molecule has 0 radical (unpaired) electrons. The fourth-order valence-electron chi connectivity index (χ4n) is 4.37. The fourth-order valence-corrected chi connectivity index (χ4v) is 4.37. The van der Waals surface area contributed by atoms with Crippen molar-refractivity contribution in [3.8, 4) is 17.2 Å². The summed E-state index contributed by atoms with van der Waals surface area (Å²) in [4.78, 5) is 49.8. The van der Waals surface area contributed by atoms with Crippen LogP contribution in [0.15, 0.2) is 72.8 Å². The second-order valence-electron chi connectivity index (χ2n) is 10.3. The zero-order valence-corrected chi connectivity index (χ0v) is 23.8. The number of rotatable bonds is 13. The Morgan fingerprint density at radius 1 is 0.860 bits per heavy atom. The second-order valence-corrected chi connectivity index (χ2v) is 10.3. The van der Waals surface area contributed by atoms with E-state index in [9.17, 15) is 24.3 Å². The monoisotopic (exact) mass is 590 g/mol. The fraction of sp³-hybridized carbons (Fsp3) is 0.290. The number of amides is 4. The Morgan fingerprint density at radius 3 is 2.21 bits per heavy atom. The summed E-state index contributed by atoms with van der Waals surface area (Å²) in [7, 11) is 0. The molecule has 43 heavy (non-hydrogen) atoms. The van der Waals surface area contributed by atoms with Gasteiger partial charge in [0.25, 0.3) is 5.91 Å². The van der Waals surface area contributed by atoms with Crippen molar-refractivity contribution in [2.45, 2.75) is 38.8 Å². The molecule has 1 aliphatic heterocycles. The molecule has 2 atom stereocenters. The average Bonchev–Trinajstić information content (AvgIpc) is 3.44. The molecule has 0 saturated heterocycles. The minimum atomic E-state index is -1.10. The molecule has 226 valence electrons.